The van der Waals surface area contributed by atoms with Crippen LogP contribution >= 0.6 is 0 Å². The summed E-state index contributed by atoms with van der Waals surface area (Å²) in [5, 5.41) is 10.8. The minimum absolute atomic E-state index is 0.00924. The number of benzene rings is 3. The topological polar surface area (TPSA) is 102 Å². The zero-order valence-corrected chi connectivity index (χ0v) is 21.3. The van der Waals surface area contributed by atoms with Gasteiger partial charge in [0.15, 0.2) is 11.5 Å². The van der Waals surface area contributed by atoms with E-state index in [1.54, 1.807) is 38.1 Å². The van der Waals surface area contributed by atoms with Crippen molar-refractivity contribution in [1.82, 2.24) is 4.90 Å². The number of aliphatic hydroxyl groups is 1. The van der Waals surface area contributed by atoms with Crippen LogP contribution in [0.2, 0.25) is 0 Å². The summed E-state index contributed by atoms with van der Waals surface area (Å²) in [6.45, 7) is 5.29. The zero-order chi connectivity index (χ0) is 26.9. The van der Waals surface area contributed by atoms with Crippen LogP contribution < -0.4 is 9.47 Å². The molecule has 0 aliphatic rings. The van der Waals surface area contributed by atoms with Crippen LogP contribution in [0.3, 0.4) is 0 Å². The van der Waals surface area contributed by atoms with Crippen molar-refractivity contribution in [2.45, 2.75) is 33.5 Å². The minimum Gasteiger partial charge on any atom is -0.445 e. The molecule has 3 aromatic rings. The van der Waals surface area contributed by atoms with Gasteiger partial charge in [-0.05, 0) is 42.3 Å². The minimum atomic E-state index is -1.12. The average molecular weight is 506 g/mol. The van der Waals surface area contributed by atoms with Crippen LogP contribution in [0.4, 0.5) is 4.79 Å². The summed E-state index contributed by atoms with van der Waals surface area (Å²) in [6.07, 6.45) is -1.72. The molecule has 1 N–H and O–H groups in total. The number of hydrogen-bond acceptors (Lipinski definition) is 7. The molecule has 0 aliphatic carbocycles. The number of rotatable bonds is 9. The Hall–Kier alpha value is -4.17. The largest absolute Gasteiger partial charge is 0.445 e. The van der Waals surface area contributed by atoms with Crippen LogP contribution in [-0.2, 0) is 16.1 Å². The Kier molecular flexibility index (Phi) is 9.40. The highest BCUT2D eigenvalue weighted by molar-refractivity contribution is 5.91. The molecule has 37 heavy (non-hydrogen) atoms. The van der Waals surface area contributed by atoms with E-state index in [9.17, 15) is 19.5 Å². The molecule has 1 atom stereocenters. The third-order valence-corrected chi connectivity index (χ3v) is 5.49. The molecule has 0 aromatic heterocycles. The van der Waals surface area contributed by atoms with Crippen LogP contribution in [0, 0.1) is 12.8 Å². The molecule has 3 aromatic carbocycles. The lowest BCUT2D eigenvalue weighted by Crippen LogP contribution is -2.31. The highest BCUT2D eigenvalue weighted by Crippen LogP contribution is 2.32. The molecule has 0 aliphatic heterocycles. The molecule has 0 spiro atoms. The summed E-state index contributed by atoms with van der Waals surface area (Å²) in [5.74, 6) is -1.55. The molecule has 0 bridgehead atoms. The number of aryl methyl sites for hydroxylation is 1. The Morgan fingerprint density at radius 1 is 0.892 bits per heavy atom. The fourth-order valence-corrected chi connectivity index (χ4v) is 3.24. The van der Waals surface area contributed by atoms with Gasteiger partial charge in [-0.25, -0.2) is 9.59 Å². The number of hydrogen-bond donors (Lipinski definition) is 1. The lowest BCUT2D eigenvalue weighted by molar-refractivity contribution is -0.137. The van der Waals surface area contributed by atoms with E-state index in [0.717, 1.165) is 11.1 Å². The molecule has 0 radical (unpaired) electrons. The second-order valence-electron chi connectivity index (χ2n) is 8.97. The molecule has 0 saturated carbocycles. The Morgan fingerprint density at radius 2 is 1.57 bits per heavy atom. The molecular weight excluding hydrogens is 474 g/mol. The fourth-order valence-electron chi connectivity index (χ4n) is 3.24. The molecule has 1 amide bonds. The number of aliphatic hydroxyl groups excluding tert-OH is 1. The molecule has 0 saturated heterocycles. The third kappa shape index (κ3) is 7.91. The highest BCUT2D eigenvalue weighted by Gasteiger charge is 2.21. The van der Waals surface area contributed by atoms with Gasteiger partial charge < -0.3 is 24.2 Å². The summed E-state index contributed by atoms with van der Waals surface area (Å²) in [6, 6.07) is 20.5. The van der Waals surface area contributed by atoms with E-state index < -0.39 is 30.1 Å². The van der Waals surface area contributed by atoms with Crippen molar-refractivity contribution in [3.8, 4) is 11.5 Å². The second kappa shape index (κ2) is 12.7. The van der Waals surface area contributed by atoms with Gasteiger partial charge in [0.1, 0.15) is 6.61 Å². The molecule has 3 rings (SSSR count). The fraction of sp³-hybridized carbons (Fsp3) is 0.276. The quantitative estimate of drug-likeness (QED) is 0.320. The summed E-state index contributed by atoms with van der Waals surface area (Å²) in [5.41, 5.74) is 2.54. The van der Waals surface area contributed by atoms with Gasteiger partial charge in [-0.15, -0.1) is 0 Å². The van der Waals surface area contributed by atoms with Gasteiger partial charge >= 0.3 is 18.0 Å². The maximum absolute atomic E-state index is 12.6. The number of amides is 1. The van der Waals surface area contributed by atoms with Crippen LogP contribution in [0.1, 0.15) is 47.0 Å². The van der Waals surface area contributed by atoms with Crippen molar-refractivity contribution in [2.75, 3.05) is 13.6 Å². The van der Waals surface area contributed by atoms with E-state index in [1.165, 1.54) is 30.1 Å². The van der Waals surface area contributed by atoms with E-state index in [0.29, 0.717) is 11.1 Å². The third-order valence-electron chi connectivity index (χ3n) is 5.49. The van der Waals surface area contributed by atoms with Gasteiger partial charge in [0, 0.05) is 7.05 Å². The van der Waals surface area contributed by atoms with Crippen molar-refractivity contribution >= 4 is 18.0 Å². The Balaban J connectivity index is 1.72. The summed E-state index contributed by atoms with van der Waals surface area (Å²) >= 11 is 0. The smallest absolute Gasteiger partial charge is 0.409 e. The number of esters is 2. The molecule has 0 fully saturated rings. The van der Waals surface area contributed by atoms with E-state index in [2.05, 4.69) is 0 Å². The maximum Gasteiger partial charge on any atom is 0.409 e. The van der Waals surface area contributed by atoms with E-state index >= 15 is 0 Å². The lowest BCUT2D eigenvalue weighted by Gasteiger charge is -2.21. The van der Waals surface area contributed by atoms with Crippen LogP contribution in [0.25, 0.3) is 0 Å². The van der Waals surface area contributed by atoms with Crippen molar-refractivity contribution in [3.05, 3.63) is 95.1 Å². The summed E-state index contributed by atoms with van der Waals surface area (Å²) in [4.78, 5) is 38.5. The normalized spacial score (nSPS) is 11.5. The molecule has 8 nitrogen and oxygen atoms in total. The van der Waals surface area contributed by atoms with Crippen LogP contribution in [0.5, 0.6) is 11.5 Å². The van der Waals surface area contributed by atoms with Crippen molar-refractivity contribution < 1.29 is 33.7 Å². The Morgan fingerprint density at radius 3 is 2.22 bits per heavy atom. The number of carbonyl (C=O) groups is 3. The number of carbonyl (C=O) groups excluding carboxylic acids is 3. The average Bonchev–Trinajstić information content (AvgIpc) is 2.88. The monoisotopic (exact) mass is 505 g/mol. The van der Waals surface area contributed by atoms with Gasteiger partial charge in [0.05, 0.1) is 24.1 Å². The molecule has 0 heterocycles. The zero-order valence-electron chi connectivity index (χ0n) is 21.3. The highest BCUT2D eigenvalue weighted by atomic mass is 16.6. The lowest BCUT2D eigenvalue weighted by atomic mass is 10.1. The van der Waals surface area contributed by atoms with E-state index in [4.69, 9.17) is 14.2 Å². The first kappa shape index (κ1) is 27.4. The first-order chi connectivity index (χ1) is 17.6. The van der Waals surface area contributed by atoms with Gasteiger partial charge in [0.2, 0.25) is 0 Å². The van der Waals surface area contributed by atoms with Gasteiger partial charge in [-0.3, -0.25) is 4.79 Å². The van der Waals surface area contributed by atoms with E-state index in [-0.39, 0.29) is 24.7 Å². The molecular formula is C29H31NO7. The maximum atomic E-state index is 12.6. The van der Waals surface area contributed by atoms with Crippen LogP contribution in [0.15, 0.2) is 72.8 Å². The first-order valence-electron chi connectivity index (χ1n) is 11.9. The second-order valence-corrected chi connectivity index (χ2v) is 8.97. The van der Waals surface area contributed by atoms with Crippen molar-refractivity contribution in [3.63, 3.8) is 0 Å². The van der Waals surface area contributed by atoms with E-state index in [1.807, 2.05) is 37.3 Å². The SMILES string of the molecule is Cc1ccc(C(=O)Oc2ccc(C(O)CN(C)C(=O)OCc3ccccc3)cc2OC(=O)C(C)C)cc1. The Bertz CT molecular complexity index is 1220. The Labute approximate surface area is 216 Å². The molecule has 194 valence electrons. The van der Waals surface area contributed by atoms with Gasteiger partial charge in [0.25, 0.3) is 0 Å². The predicted molar refractivity (Wildman–Crippen MR) is 137 cm³/mol. The molecule has 8 heteroatoms. The predicted octanol–water partition coefficient (Wildman–Crippen LogP) is 5.08. The summed E-state index contributed by atoms with van der Waals surface area (Å²) in [7, 11) is 1.51. The van der Waals surface area contributed by atoms with Crippen LogP contribution in [-0.4, -0.2) is 41.6 Å². The van der Waals surface area contributed by atoms with Gasteiger partial charge in [-0.1, -0.05) is 67.9 Å². The van der Waals surface area contributed by atoms with Crippen molar-refractivity contribution in [2.24, 2.45) is 5.92 Å². The first-order valence-corrected chi connectivity index (χ1v) is 11.9. The number of nitrogens with zero attached hydrogens (tertiary/aromatic N) is 1. The van der Waals surface area contributed by atoms with Crippen molar-refractivity contribution in [1.29, 1.82) is 0 Å². The number of likely N-dealkylation sites (N-methyl/N-ethyl adjacent to an activating group) is 1. The number of ether oxygens (including phenoxy) is 3. The molecule has 1 unspecified atom stereocenters. The standard InChI is InChI=1S/C29H31NO7/c1-19(2)27(32)37-26-16-23(14-15-25(26)36-28(33)22-12-10-20(3)11-13-22)24(31)17-30(4)29(34)35-18-21-8-6-5-7-9-21/h5-16,19,24,31H,17-18H2,1-4H3. The van der Waals surface area contributed by atoms with Gasteiger partial charge in [-0.2, -0.15) is 0 Å². The summed E-state index contributed by atoms with van der Waals surface area (Å²) < 4.78 is 16.2.